The van der Waals surface area contributed by atoms with E-state index in [-0.39, 0.29) is 5.56 Å². The number of hydrogen-bond acceptors (Lipinski definition) is 2. The lowest BCUT2D eigenvalue weighted by Gasteiger charge is -2.15. The Morgan fingerprint density at radius 1 is 1.29 bits per heavy atom. The third-order valence-electron chi connectivity index (χ3n) is 2.49. The predicted octanol–water partition coefficient (Wildman–Crippen LogP) is 3.63. The molecule has 1 N–H and O–H groups in total. The van der Waals surface area contributed by atoms with Crippen LogP contribution in [0.15, 0.2) is 39.4 Å². The summed E-state index contributed by atoms with van der Waals surface area (Å²) < 4.78 is 32.8. The Morgan fingerprint density at radius 2 is 2.06 bits per heavy atom. The molecule has 0 aliphatic carbocycles. The summed E-state index contributed by atoms with van der Waals surface area (Å²) in [5, 5.41) is 2.90. The first-order valence-corrected chi connectivity index (χ1v) is 5.78. The number of benzene rings is 1. The number of rotatable bonds is 3. The molecule has 1 atom stereocenters. The number of halogens is 3. The van der Waals surface area contributed by atoms with Crippen LogP contribution >= 0.6 is 15.9 Å². The highest BCUT2D eigenvalue weighted by molar-refractivity contribution is 9.10. The second kappa shape index (κ2) is 4.98. The minimum Gasteiger partial charge on any atom is -0.466 e. The summed E-state index contributed by atoms with van der Waals surface area (Å²) in [6.45, 7) is 0. The van der Waals surface area contributed by atoms with Gasteiger partial charge in [0.05, 0.1) is 16.8 Å². The van der Waals surface area contributed by atoms with E-state index >= 15 is 0 Å². The Balaban J connectivity index is 2.50. The van der Waals surface area contributed by atoms with Gasteiger partial charge >= 0.3 is 0 Å². The molecule has 0 saturated heterocycles. The van der Waals surface area contributed by atoms with E-state index in [9.17, 15) is 8.78 Å². The molecule has 17 heavy (non-hydrogen) atoms. The van der Waals surface area contributed by atoms with E-state index in [1.165, 1.54) is 18.4 Å². The van der Waals surface area contributed by atoms with Crippen molar-refractivity contribution in [3.63, 3.8) is 0 Å². The number of furan rings is 1. The summed E-state index contributed by atoms with van der Waals surface area (Å²) in [6.07, 6.45) is 1.49. The molecule has 0 spiro atoms. The first-order chi connectivity index (χ1) is 8.15. The van der Waals surface area contributed by atoms with Crippen LogP contribution in [0.25, 0.3) is 0 Å². The van der Waals surface area contributed by atoms with Crippen molar-refractivity contribution < 1.29 is 13.2 Å². The lowest BCUT2D eigenvalue weighted by molar-refractivity contribution is 0.437. The lowest BCUT2D eigenvalue weighted by Crippen LogP contribution is -2.19. The molecule has 2 nitrogen and oxygen atoms in total. The Labute approximate surface area is 106 Å². The van der Waals surface area contributed by atoms with Gasteiger partial charge in [0.25, 0.3) is 0 Å². The molecule has 2 aromatic rings. The highest BCUT2D eigenvalue weighted by Gasteiger charge is 2.22. The van der Waals surface area contributed by atoms with Crippen LogP contribution in [0.3, 0.4) is 0 Å². The van der Waals surface area contributed by atoms with Crippen LogP contribution in [0.1, 0.15) is 17.4 Å². The highest BCUT2D eigenvalue weighted by Crippen LogP contribution is 2.31. The average molecular weight is 302 g/mol. The van der Waals surface area contributed by atoms with Gasteiger partial charge in [-0.1, -0.05) is 12.1 Å². The standard InChI is InChI=1S/C12H10BrF2NO/c1-16-11(12-8(13)5-6-17-12)7-3-2-4-9(14)10(7)15/h2-6,11,16H,1H3. The van der Waals surface area contributed by atoms with E-state index in [4.69, 9.17) is 4.42 Å². The van der Waals surface area contributed by atoms with Gasteiger partial charge in [0.1, 0.15) is 5.76 Å². The van der Waals surface area contributed by atoms with E-state index in [1.54, 1.807) is 13.1 Å². The molecular weight excluding hydrogens is 292 g/mol. The molecule has 1 heterocycles. The normalized spacial score (nSPS) is 12.7. The lowest BCUT2D eigenvalue weighted by atomic mass is 10.0. The minimum absolute atomic E-state index is 0.211. The summed E-state index contributed by atoms with van der Waals surface area (Å²) in [5.41, 5.74) is 0.211. The van der Waals surface area contributed by atoms with Crippen LogP contribution in [-0.2, 0) is 0 Å². The van der Waals surface area contributed by atoms with Gasteiger partial charge in [-0.2, -0.15) is 0 Å². The maximum atomic E-state index is 13.7. The number of hydrogen-bond donors (Lipinski definition) is 1. The molecule has 0 amide bonds. The molecule has 1 aromatic heterocycles. The molecule has 0 aliphatic rings. The first kappa shape index (κ1) is 12.3. The molecule has 1 unspecified atom stereocenters. The van der Waals surface area contributed by atoms with Crippen LogP contribution in [-0.4, -0.2) is 7.05 Å². The van der Waals surface area contributed by atoms with Gasteiger partial charge in [0.2, 0.25) is 0 Å². The van der Waals surface area contributed by atoms with Crippen molar-refractivity contribution in [3.05, 3.63) is 58.0 Å². The smallest absolute Gasteiger partial charge is 0.164 e. The number of nitrogens with one attached hydrogen (secondary N) is 1. The largest absolute Gasteiger partial charge is 0.466 e. The topological polar surface area (TPSA) is 25.2 Å². The molecule has 2 rings (SSSR count). The third-order valence-corrected chi connectivity index (χ3v) is 3.14. The monoisotopic (exact) mass is 301 g/mol. The maximum absolute atomic E-state index is 13.7. The molecule has 90 valence electrons. The van der Waals surface area contributed by atoms with E-state index in [0.29, 0.717) is 10.2 Å². The van der Waals surface area contributed by atoms with Crippen molar-refractivity contribution in [1.29, 1.82) is 0 Å². The molecular formula is C12H10BrF2NO. The third kappa shape index (κ3) is 2.25. The van der Waals surface area contributed by atoms with Gasteiger partial charge in [-0.15, -0.1) is 0 Å². The fraction of sp³-hybridized carbons (Fsp3) is 0.167. The molecule has 0 bridgehead atoms. The average Bonchev–Trinajstić information content (AvgIpc) is 2.72. The fourth-order valence-electron chi connectivity index (χ4n) is 1.68. The van der Waals surface area contributed by atoms with Crippen molar-refractivity contribution in [1.82, 2.24) is 5.32 Å². The van der Waals surface area contributed by atoms with E-state index in [1.807, 2.05) is 0 Å². The van der Waals surface area contributed by atoms with Crippen LogP contribution in [0, 0.1) is 11.6 Å². The molecule has 0 fully saturated rings. The van der Waals surface area contributed by atoms with E-state index in [0.717, 1.165) is 6.07 Å². The minimum atomic E-state index is -0.870. The van der Waals surface area contributed by atoms with Gasteiger partial charge in [-0.3, -0.25) is 0 Å². The molecule has 0 saturated carbocycles. The zero-order valence-electron chi connectivity index (χ0n) is 9.01. The summed E-state index contributed by atoms with van der Waals surface area (Å²) in [4.78, 5) is 0. The van der Waals surface area contributed by atoms with Crippen molar-refractivity contribution in [2.75, 3.05) is 7.05 Å². The van der Waals surface area contributed by atoms with Gasteiger partial charge < -0.3 is 9.73 Å². The zero-order valence-corrected chi connectivity index (χ0v) is 10.6. The van der Waals surface area contributed by atoms with Gasteiger partial charge in [-0.25, -0.2) is 8.78 Å². The molecule has 1 aromatic carbocycles. The van der Waals surface area contributed by atoms with Crippen molar-refractivity contribution in [3.8, 4) is 0 Å². The Kier molecular flexibility index (Phi) is 3.59. The summed E-state index contributed by atoms with van der Waals surface area (Å²) in [7, 11) is 1.66. The summed E-state index contributed by atoms with van der Waals surface area (Å²) in [6, 6.07) is 5.25. The van der Waals surface area contributed by atoms with Crippen LogP contribution in [0.4, 0.5) is 8.78 Å². The van der Waals surface area contributed by atoms with E-state index in [2.05, 4.69) is 21.2 Å². The van der Waals surface area contributed by atoms with Gasteiger partial charge in [0, 0.05) is 5.56 Å². The highest BCUT2D eigenvalue weighted by atomic mass is 79.9. The summed E-state index contributed by atoms with van der Waals surface area (Å²) in [5.74, 6) is -1.22. The van der Waals surface area contributed by atoms with Crippen LogP contribution in [0.5, 0.6) is 0 Å². The predicted molar refractivity (Wildman–Crippen MR) is 63.7 cm³/mol. The first-order valence-electron chi connectivity index (χ1n) is 4.99. The quantitative estimate of drug-likeness (QED) is 0.936. The molecule has 0 aliphatic heterocycles. The van der Waals surface area contributed by atoms with E-state index < -0.39 is 17.7 Å². The van der Waals surface area contributed by atoms with Gasteiger partial charge in [0.15, 0.2) is 11.6 Å². The Bertz CT molecular complexity index is 527. The Hall–Kier alpha value is -1.20. The second-order valence-corrected chi connectivity index (χ2v) is 4.35. The fourth-order valence-corrected chi connectivity index (χ4v) is 2.11. The molecule has 0 radical (unpaired) electrons. The van der Waals surface area contributed by atoms with Crippen LogP contribution < -0.4 is 5.32 Å². The van der Waals surface area contributed by atoms with Crippen molar-refractivity contribution >= 4 is 15.9 Å². The second-order valence-electron chi connectivity index (χ2n) is 3.50. The van der Waals surface area contributed by atoms with Crippen molar-refractivity contribution in [2.45, 2.75) is 6.04 Å². The van der Waals surface area contributed by atoms with Crippen molar-refractivity contribution in [2.24, 2.45) is 0 Å². The maximum Gasteiger partial charge on any atom is 0.164 e. The van der Waals surface area contributed by atoms with Gasteiger partial charge in [-0.05, 0) is 35.1 Å². The SMILES string of the molecule is CNC(c1cccc(F)c1F)c1occc1Br. The van der Waals surface area contributed by atoms with Crippen LogP contribution in [0.2, 0.25) is 0 Å². The summed E-state index contributed by atoms with van der Waals surface area (Å²) >= 11 is 3.30. The molecule has 5 heteroatoms. The zero-order chi connectivity index (χ0) is 12.4. The Morgan fingerprint density at radius 3 is 2.65 bits per heavy atom.